The maximum Gasteiger partial charge on any atom is 0.257 e. The lowest BCUT2D eigenvalue weighted by molar-refractivity contribution is 0.102. The third kappa shape index (κ3) is 4.18. The summed E-state index contributed by atoms with van der Waals surface area (Å²) in [5.74, 6) is 0.743. The van der Waals surface area contributed by atoms with Gasteiger partial charge >= 0.3 is 0 Å². The van der Waals surface area contributed by atoms with Crippen LogP contribution in [0.3, 0.4) is 0 Å². The van der Waals surface area contributed by atoms with Gasteiger partial charge in [0.05, 0.1) is 5.69 Å². The van der Waals surface area contributed by atoms with Gasteiger partial charge in [0.25, 0.3) is 5.91 Å². The molecule has 0 aliphatic carbocycles. The first-order valence-corrected chi connectivity index (χ1v) is 8.98. The fourth-order valence-electron chi connectivity index (χ4n) is 2.81. The lowest BCUT2D eigenvalue weighted by Gasteiger charge is -2.29. The fourth-order valence-corrected chi connectivity index (χ4v) is 3.81. The number of carbonyl (C=O) groups excluding carboxylic acids is 1. The molecular weight excluding hydrogens is 306 g/mol. The number of nitrogens with zero attached hydrogens (tertiary/aromatic N) is 2. The third-order valence-electron chi connectivity index (χ3n) is 4.39. The highest BCUT2D eigenvalue weighted by Gasteiger charge is 2.18. The van der Waals surface area contributed by atoms with E-state index in [1.807, 2.05) is 37.3 Å². The molecule has 0 spiro atoms. The Labute approximate surface area is 141 Å². The first kappa shape index (κ1) is 16.1. The Morgan fingerprint density at radius 1 is 1.30 bits per heavy atom. The Bertz CT molecular complexity index is 660. The van der Waals surface area contributed by atoms with Crippen LogP contribution in [0.25, 0.3) is 0 Å². The lowest BCUT2D eigenvalue weighted by Crippen LogP contribution is -2.32. The number of amides is 1. The molecule has 1 aromatic carbocycles. The molecule has 1 amide bonds. The molecule has 1 aliphatic heterocycles. The highest BCUT2D eigenvalue weighted by Crippen LogP contribution is 2.26. The molecule has 0 unspecified atom stereocenters. The normalized spacial score (nSPS) is 16.4. The number of aryl methyl sites for hydroxylation is 1. The summed E-state index contributed by atoms with van der Waals surface area (Å²) in [5.41, 5.74) is 1.68. The predicted molar refractivity (Wildman–Crippen MR) is 94.9 cm³/mol. The summed E-state index contributed by atoms with van der Waals surface area (Å²) in [6.07, 6.45) is 2.55. The van der Waals surface area contributed by atoms with E-state index in [1.54, 1.807) is 11.3 Å². The number of anilines is 1. The molecule has 1 fully saturated rings. The molecule has 4 nitrogen and oxygen atoms in total. The summed E-state index contributed by atoms with van der Waals surface area (Å²) < 4.78 is 0. The van der Waals surface area contributed by atoms with Gasteiger partial charge in [-0.15, -0.1) is 11.3 Å². The summed E-state index contributed by atoms with van der Waals surface area (Å²) in [5, 5.41) is 3.61. The number of likely N-dealkylation sites (tertiary alicyclic amines) is 1. The zero-order chi connectivity index (χ0) is 16.2. The third-order valence-corrected chi connectivity index (χ3v) is 5.45. The Morgan fingerprint density at radius 2 is 2.00 bits per heavy atom. The maximum absolute atomic E-state index is 12.2. The number of nitrogens with one attached hydrogen (secondary N) is 1. The van der Waals surface area contributed by atoms with Gasteiger partial charge in [-0.25, -0.2) is 4.98 Å². The van der Waals surface area contributed by atoms with E-state index < -0.39 is 0 Å². The van der Waals surface area contributed by atoms with E-state index in [2.05, 4.69) is 22.1 Å². The second kappa shape index (κ2) is 7.23. The minimum atomic E-state index is -0.0994. The second-order valence-electron chi connectivity index (χ2n) is 6.31. The molecule has 0 atom stereocenters. The van der Waals surface area contributed by atoms with Crippen LogP contribution in [0.4, 0.5) is 5.13 Å². The molecule has 0 radical (unpaired) electrons. The Morgan fingerprint density at radius 3 is 2.70 bits per heavy atom. The minimum Gasteiger partial charge on any atom is -0.298 e. The summed E-state index contributed by atoms with van der Waals surface area (Å²) in [4.78, 5) is 20.5. The van der Waals surface area contributed by atoms with Crippen molar-refractivity contribution in [2.45, 2.75) is 33.2 Å². The molecule has 1 N–H and O–H groups in total. The standard InChI is InChI=1S/C18H23N3OS/c1-13-8-10-21(11-9-13)12-16-14(2)19-18(23-16)20-17(22)15-6-4-3-5-7-15/h3-7,13H,8-12H2,1-2H3,(H,19,20,22). The topological polar surface area (TPSA) is 45.2 Å². The van der Waals surface area contributed by atoms with E-state index >= 15 is 0 Å². The smallest absolute Gasteiger partial charge is 0.257 e. The number of carbonyl (C=O) groups is 1. The van der Waals surface area contributed by atoms with E-state index in [0.717, 1.165) is 31.2 Å². The molecular formula is C18H23N3OS. The van der Waals surface area contributed by atoms with Gasteiger partial charge in [0, 0.05) is 17.0 Å². The van der Waals surface area contributed by atoms with Crippen LogP contribution in [-0.2, 0) is 6.54 Å². The summed E-state index contributed by atoms with van der Waals surface area (Å²) >= 11 is 1.59. The van der Waals surface area contributed by atoms with Crippen LogP contribution in [0.2, 0.25) is 0 Å². The zero-order valence-electron chi connectivity index (χ0n) is 13.7. The van der Waals surface area contributed by atoms with Gasteiger partial charge in [-0.1, -0.05) is 25.1 Å². The van der Waals surface area contributed by atoms with Crippen molar-refractivity contribution < 1.29 is 4.79 Å². The van der Waals surface area contributed by atoms with E-state index in [-0.39, 0.29) is 5.91 Å². The molecule has 1 aliphatic rings. The molecule has 5 heteroatoms. The van der Waals surface area contributed by atoms with Crippen LogP contribution in [-0.4, -0.2) is 28.9 Å². The highest BCUT2D eigenvalue weighted by molar-refractivity contribution is 7.15. The highest BCUT2D eigenvalue weighted by atomic mass is 32.1. The minimum absolute atomic E-state index is 0.0994. The van der Waals surface area contributed by atoms with Gasteiger partial charge in [-0.05, 0) is 50.9 Å². The van der Waals surface area contributed by atoms with Crippen molar-refractivity contribution in [2.75, 3.05) is 18.4 Å². The second-order valence-corrected chi connectivity index (χ2v) is 7.39. The van der Waals surface area contributed by atoms with Gasteiger partial charge in [0.2, 0.25) is 0 Å². The number of hydrogen-bond acceptors (Lipinski definition) is 4. The molecule has 122 valence electrons. The molecule has 0 saturated carbocycles. The molecule has 2 heterocycles. The fraction of sp³-hybridized carbons (Fsp3) is 0.444. The number of thiazole rings is 1. The number of aromatic nitrogens is 1. The van der Waals surface area contributed by atoms with Crippen molar-refractivity contribution in [3.05, 3.63) is 46.5 Å². The number of hydrogen-bond donors (Lipinski definition) is 1. The van der Waals surface area contributed by atoms with Gasteiger partial charge in [0.15, 0.2) is 5.13 Å². The molecule has 2 aromatic rings. The average molecular weight is 329 g/mol. The summed E-state index contributed by atoms with van der Waals surface area (Å²) in [6.45, 7) is 7.61. The van der Waals surface area contributed by atoms with E-state index in [0.29, 0.717) is 10.7 Å². The molecule has 0 bridgehead atoms. The van der Waals surface area contributed by atoms with Gasteiger partial charge in [0.1, 0.15) is 0 Å². The van der Waals surface area contributed by atoms with Crippen molar-refractivity contribution in [2.24, 2.45) is 5.92 Å². The molecule has 3 rings (SSSR count). The van der Waals surface area contributed by atoms with E-state index in [4.69, 9.17) is 0 Å². The lowest BCUT2D eigenvalue weighted by atomic mass is 9.99. The van der Waals surface area contributed by atoms with Crippen LogP contribution in [0.1, 0.15) is 40.7 Å². The van der Waals surface area contributed by atoms with Crippen LogP contribution in [0.5, 0.6) is 0 Å². The molecule has 1 saturated heterocycles. The SMILES string of the molecule is Cc1nc(NC(=O)c2ccccc2)sc1CN1CCC(C)CC1. The quantitative estimate of drug-likeness (QED) is 0.924. The van der Waals surface area contributed by atoms with Crippen LogP contribution in [0, 0.1) is 12.8 Å². The first-order chi connectivity index (χ1) is 11.1. The average Bonchev–Trinajstić information content (AvgIpc) is 2.90. The first-order valence-electron chi connectivity index (χ1n) is 8.17. The largest absolute Gasteiger partial charge is 0.298 e. The molecule has 1 aromatic heterocycles. The summed E-state index contributed by atoms with van der Waals surface area (Å²) in [6, 6.07) is 9.26. The van der Waals surface area contributed by atoms with Crippen molar-refractivity contribution in [3.8, 4) is 0 Å². The van der Waals surface area contributed by atoms with Crippen molar-refractivity contribution in [3.63, 3.8) is 0 Å². The van der Waals surface area contributed by atoms with Crippen LogP contribution in [0.15, 0.2) is 30.3 Å². The van der Waals surface area contributed by atoms with Crippen molar-refractivity contribution in [1.29, 1.82) is 0 Å². The monoisotopic (exact) mass is 329 g/mol. The van der Waals surface area contributed by atoms with E-state index in [9.17, 15) is 4.79 Å². The molecule has 23 heavy (non-hydrogen) atoms. The predicted octanol–water partition coefficient (Wildman–Crippen LogP) is 3.94. The van der Waals surface area contributed by atoms with Gasteiger partial charge < -0.3 is 0 Å². The van der Waals surface area contributed by atoms with Crippen LogP contribution >= 0.6 is 11.3 Å². The van der Waals surface area contributed by atoms with Gasteiger partial charge in [-0.3, -0.25) is 15.0 Å². The Hall–Kier alpha value is -1.72. The van der Waals surface area contributed by atoms with Crippen LogP contribution < -0.4 is 5.32 Å². The maximum atomic E-state index is 12.2. The van der Waals surface area contributed by atoms with Crippen molar-refractivity contribution in [1.82, 2.24) is 9.88 Å². The number of piperidine rings is 1. The Kier molecular flexibility index (Phi) is 5.08. The number of rotatable bonds is 4. The summed E-state index contributed by atoms with van der Waals surface area (Å²) in [7, 11) is 0. The number of benzene rings is 1. The van der Waals surface area contributed by atoms with Gasteiger partial charge in [-0.2, -0.15) is 0 Å². The van der Waals surface area contributed by atoms with E-state index in [1.165, 1.54) is 17.7 Å². The van der Waals surface area contributed by atoms with Crippen molar-refractivity contribution >= 4 is 22.4 Å². The zero-order valence-corrected chi connectivity index (χ0v) is 14.5. The Balaban J connectivity index is 1.63.